The number of benzene rings is 2. The van der Waals surface area contributed by atoms with Gasteiger partial charge in [-0.2, -0.15) is 5.10 Å². The molecule has 1 fully saturated rings. The number of nitrogens with zero attached hydrogens (tertiary/aromatic N) is 3. The summed E-state index contributed by atoms with van der Waals surface area (Å²) >= 11 is 0. The van der Waals surface area contributed by atoms with Crippen LogP contribution < -0.4 is 15.8 Å². The van der Waals surface area contributed by atoms with Crippen molar-refractivity contribution in [2.75, 3.05) is 26.7 Å². The molecule has 3 aromatic rings. The molecule has 1 aliphatic heterocycles. The lowest BCUT2D eigenvalue weighted by molar-refractivity contribution is -0.116. The molecule has 34 heavy (non-hydrogen) atoms. The van der Waals surface area contributed by atoms with Crippen molar-refractivity contribution < 1.29 is 14.3 Å². The van der Waals surface area contributed by atoms with E-state index >= 15 is 0 Å². The third kappa shape index (κ3) is 5.71. The number of amides is 2. The Morgan fingerprint density at radius 2 is 1.88 bits per heavy atom. The van der Waals surface area contributed by atoms with Gasteiger partial charge in [0.2, 0.25) is 5.91 Å². The highest BCUT2D eigenvalue weighted by molar-refractivity contribution is 5.98. The minimum Gasteiger partial charge on any atom is -0.457 e. The summed E-state index contributed by atoms with van der Waals surface area (Å²) in [6.45, 7) is 2.42. The highest BCUT2D eigenvalue weighted by Crippen LogP contribution is 2.29. The Hall–Kier alpha value is -3.91. The molecule has 0 bridgehead atoms. The number of piperidine rings is 1. The van der Waals surface area contributed by atoms with Gasteiger partial charge in [-0.25, -0.2) is 0 Å². The van der Waals surface area contributed by atoms with Gasteiger partial charge in [0.15, 0.2) is 0 Å². The van der Waals surface area contributed by atoms with Crippen LogP contribution in [0.4, 0.5) is 0 Å². The first-order valence-electron chi connectivity index (χ1n) is 11.4. The topological polar surface area (TPSA) is 102 Å². The number of primary amides is 1. The number of carbonyl (C=O) groups excluding carboxylic acids is 2. The van der Waals surface area contributed by atoms with Crippen LogP contribution in [0.5, 0.6) is 11.5 Å². The largest absolute Gasteiger partial charge is 0.457 e. The summed E-state index contributed by atoms with van der Waals surface area (Å²) < 4.78 is 7.72. The number of carbonyl (C=O) groups is 2. The zero-order chi connectivity index (χ0) is 23.9. The molecule has 0 aliphatic carbocycles. The number of nitrogens with one attached hydrogen (secondary N) is 1. The third-order valence-corrected chi connectivity index (χ3v) is 5.84. The fraction of sp³-hybridized carbons (Fsp3) is 0.269. The second-order valence-corrected chi connectivity index (χ2v) is 8.25. The van der Waals surface area contributed by atoms with E-state index in [1.54, 1.807) is 19.3 Å². The molecule has 0 spiro atoms. The fourth-order valence-corrected chi connectivity index (χ4v) is 4.08. The Morgan fingerprint density at radius 3 is 2.59 bits per heavy atom. The maximum Gasteiger partial charge on any atom is 0.252 e. The first-order chi connectivity index (χ1) is 16.5. The summed E-state index contributed by atoms with van der Waals surface area (Å²) in [5.41, 5.74) is 7.45. The zero-order valence-corrected chi connectivity index (χ0v) is 19.2. The van der Waals surface area contributed by atoms with Gasteiger partial charge in [-0.15, -0.1) is 0 Å². The van der Waals surface area contributed by atoms with Crippen LogP contribution in [0, 0.1) is 0 Å². The Morgan fingerprint density at radius 1 is 1.15 bits per heavy atom. The smallest absolute Gasteiger partial charge is 0.252 e. The number of hydrogen-bond acceptors (Lipinski definition) is 5. The normalized spacial score (nSPS) is 16.4. The quantitative estimate of drug-likeness (QED) is 0.503. The Balaban J connectivity index is 1.50. The van der Waals surface area contributed by atoms with E-state index in [1.165, 1.54) is 0 Å². The molecule has 0 saturated carbocycles. The van der Waals surface area contributed by atoms with Crippen molar-refractivity contribution in [3.8, 4) is 22.8 Å². The standard InChI is InChI=1S/C26H29N5O3/c1-28-24(32)10-6-16-30-15-5-7-20(17-30)31-18-23(26(27)33)25(29-31)19-11-13-22(14-12-19)34-21-8-3-2-4-9-21/h2-4,6,8-14,18,20H,5,7,15-17H2,1H3,(H2,27,33)(H,28,32)/b10-6+/t20-/m1/s1. The van der Waals surface area contributed by atoms with E-state index in [0.29, 0.717) is 23.6 Å². The van der Waals surface area contributed by atoms with Crippen LogP contribution in [0.1, 0.15) is 29.2 Å². The Bertz CT molecular complexity index is 1150. The van der Waals surface area contributed by atoms with E-state index in [2.05, 4.69) is 10.2 Å². The molecule has 2 amide bonds. The number of hydrogen-bond donors (Lipinski definition) is 2. The van der Waals surface area contributed by atoms with E-state index in [9.17, 15) is 9.59 Å². The number of aromatic nitrogens is 2. The molecule has 4 rings (SSSR count). The molecule has 1 aliphatic rings. The van der Waals surface area contributed by atoms with Gasteiger partial charge < -0.3 is 15.8 Å². The summed E-state index contributed by atoms with van der Waals surface area (Å²) in [7, 11) is 1.61. The Kier molecular flexibility index (Phi) is 7.39. The van der Waals surface area contributed by atoms with Crippen LogP contribution >= 0.6 is 0 Å². The maximum absolute atomic E-state index is 12.2. The van der Waals surface area contributed by atoms with Crippen LogP contribution in [-0.4, -0.2) is 53.2 Å². The molecule has 0 unspecified atom stereocenters. The van der Waals surface area contributed by atoms with Crippen molar-refractivity contribution in [2.24, 2.45) is 5.73 Å². The maximum atomic E-state index is 12.2. The molecule has 8 nitrogen and oxygen atoms in total. The van der Waals surface area contributed by atoms with Gasteiger partial charge in [-0.05, 0) is 55.8 Å². The molecule has 176 valence electrons. The second kappa shape index (κ2) is 10.8. The van der Waals surface area contributed by atoms with Crippen molar-refractivity contribution >= 4 is 11.8 Å². The molecule has 1 saturated heterocycles. The van der Waals surface area contributed by atoms with Gasteiger partial charge in [0, 0.05) is 38.0 Å². The van der Waals surface area contributed by atoms with Crippen LogP contribution in [0.3, 0.4) is 0 Å². The van der Waals surface area contributed by atoms with Crippen molar-refractivity contribution in [1.82, 2.24) is 20.0 Å². The van der Waals surface area contributed by atoms with Gasteiger partial charge in [-0.3, -0.25) is 19.2 Å². The molecule has 2 aromatic carbocycles. The second-order valence-electron chi connectivity index (χ2n) is 8.25. The molecule has 1 aromatic heterocycles. The monoisotopic (exact) mass is 459 g/mol. The molecular formula is C26H29N5O3. The fourth-order valence-electron chi connectivity index (χ4n) is 4.08. The molecule has 1 atom stereocenters. The molecule has 8 heteroatoms. The van der Waals surface area contributed by atoms with Gasteiger partial charge in [0.05, 0.1) is 11.6 Å². The number of ether oxygens (including phenoxy) is 1. The predicted molar refractivity (Wildman–Crippen MR) is 131 cm³/mol. The van der Waals surface area contributed by atoms with Crippen LogP contribution in [0.25, 0.3) is 11.3 Å². The average molecular weight is 460 g/mol. The Labute approximate surface area is 199 Å². The molecular weight excluding hydrogens is 430 g/mol. The SMILES string of the molecule is CNC(=O)/C=C/CN1CCC[C@@H](n2cc(C(N)=O)c(-c3ccc(Oc4ccccc4)cc3)n2)C1. The van der Waals surface area contributed by atoms with Gasteiger partial charge in [0.25, 0.3) is 5.91 Å². The lowest BCUT2D eigenvalue weighted by atomic mass is 10.1. The first kappa shape index (κ1) is 23.3. The molecule has 0 radical (unpaired) electrons. The summed E-state index contributed by atoms with van der Waals surface area (Å²) in [5, 5.41) is 7.34. The van der Waals surface area contributed by atoms with Crippen LogP contribution in [0.2, 0.25) is 0 Å². The van der Waals surface area contributed by atoms with Crippen LogP contribution in [-0.2, 0) is 4.79 Å². The van der Waals surface area contributed by atoms with Gasteiger partial charge >= 0.3 is 0 Å². The number of likely N-dealkylation sites (tertiary alicyclic amines) is 1. The van der Waals surface area contributed by atoms with Gasteiger partial charge in [0.1, 0.15) is 17.2 Å². The van der Waals surface area contributed by atoms with E-state index in [-0.39, 0.29) is 11.9 Å². The summed E-state index contributed by atoms with van der Waals surface area (Å²) in [6, 6.07) is 17.1. The van der Waals surface area contributed by atoms with Crippen LogP contribution in [0.15, 0.2) is 72.9 Å². The van der Waals surface area contributed by atoms with Crippen molar-refractivity contribution in [1.29, 1.82) is 0 Å². The van der Waals surface area contributed by atoms with E-state index in [0.717, 1.165) is 37.2 Å². The third-order valence-electron chi connectivity index (χ3n) is 5.84. The number of rotatable bonds is 8. The minimum atomic E-state index is -0.507. The van der Waals surface area contributed by atoms with Crippen molar-refractivity contribution in [3.05, 3.63) is 78.5 Å². The molecule has 2 heterocycles. The zero-order valence-electron chi connectivity index (χ0n) is 19.2. The highest BCUT2D eigenvalue weighted by atomic mass is 16.5. The number of likely N-dealkylation sites (N-methyl/N-ethyl adjacent to an activating group) is 1. The van der Waals surface area contributed by atoms with E-state index in [4.69, 9.17) is 15.6 Å². The first-order valence-corrected chi connectivity index (χ1v) is 11.4. The lowest BCUT2D eigenvalue weighted by Crippen LogP contribution is -2.37. The summed E-state index contributed by atoms with van der Waals surface area (Å²) in [4.78, 5) is 25.9. The average Bonchev–Trinajstić information content (AvgIpc) is 3.31. The highest BCUT2D eigenvalue weighted by Gasteiger charge is 2.24. The van der Waals surface area contributed by atoms with Crippen molar-refractivity contribution in [3.63, 3.8) is 0 Å². The van der Waals surface area contributed by atoms with Crippen molar-refractivity contribution in [2.45, 2.75) is 18.9 Å². The van der Waals surface area contributed by atoms with E-state index < -0.39 is 5.91 Å². The number of para-hydroxylation sites is 1. The minimum absolute atomic E-state index is 0.114. The van der Waals surface area contributed by atoms with E-state index in [1.807, 2.05) is 65.4 Å². The lowest BCUT2D eigenvalue weighted by Gasteiger charge is -2.32. The summed E-state index contributed by atoms with van der Waals surface area (Å²) in [5.74, 6) is 0.829. The predicted octanol–water partition coefficient (Wildman–Crippen LogP) is 3.38. The summed E-state index contributed by atoms with van der Waals surface area (Å²) in [6.07, 6.45) is 7.13. The molecule has 3 N–H and O–H groups in total. The number of nitrogens with two attached hydrogens (primary N) is 1. The van der Waals surface area contributed by atoms with Gasteiger partial charge in [-0.1, -0.05) is 24.3 Å².